The average molecular weight is 504 g/mol. The van der Waals surface area contributed by atoms with Crippen LogP contribution >= 0.6 is 0 Å². The summed E-state index contributed by atoms with van der Waals surface area (Å²) in [7, 11) is 0. The fourth-order valence-electron chi connectivity index (χ4n) is 5.57. The van der Waals surface area contributed by atoms with Gasteiger partial charge in [0.1, 0.15) is 11.7 Å². The Morgan fingerprint density at radius 1 is 0.921 bits per heavy atom. The second-order valence-electron chi connectivity index (χ2n) is 10.0. The van der Waals surface area contributed by atoms with E-state index in [1.807, 2.05) is 41.4 Å². The number of imidazole rings is 1. The van der Waals surface area contributed by atoms with Crippen molar-refractivity contribution in [3.8, 4) is 33.5 Å². The first-order chi connectivity index (χ1) is 18.5. The lowest BCUT2D eigenvalue weighted by molar-refractivity contribution is -0.142. The fraction of sp³-hybridized carbons (Fsp3) is 0.188. The molecule has 0 aliphatic carbocycles. The molecule has 0 unspecified atom stereocenters. The topological polar surface area (TPSA) is 78.1 Å². The van der Waals surface area contributed by atoms with Gasteiger partial charge in [0.2, 0.25) is 0 Å². The van der Waals surface area contributed by atoms with Crippen LogP contribution in [0.25, 0.3) is 39.2 Å². The maximum atomic E-state index is 11.5. The zero-order valence-corrected chi connectivity index (χ0v) is 21.2. The number of rotatable bonds is 6. The number of nitrogens with zero attached hydrogens (tertiary/aromatic N) is 3. The molecule has 3 heterocycles. The van der Waals surface area contributed by atoms with E-state index >= 15 is 0 Å². The Kier molecular flexibility index (Phi) is 6.27. The lowest BCUT2D eigenvalue weighted by atomic mass is 9.93. The molecule has 1 fully saturated rings. The molecule has 0 spiro atoms. The third-order valence-electron chi connectivity index (χ3n) is 7.54. The number of carboxylic acid groups (broad SMARTS) is 1. The van der Waals surface area contributed by atoms with Crippen LogP contribution in [0.2, 0.25) is 0 Å². The molecule has 2 atom stereocenters. The van der Waals surface area contributed by atoms with Crippen molar-refractivity contribution >= 4 is 11.6 Å². The number of hydrogen-bond acceptors (Lipinski definition) is 4. The summed E-state index contributed by atoms with van der Waals surface area (Å²) in [5, 5.41) is 19.4. The first-order valence-corrected chi connectivity index (χ1v) is 12.8. The van der Waals surface area contributed by atoms with E-state index in [4.69, 9.17) is 4.98 Å². The number of aliphatic carboxylic acids is 1. The number of hydrogen-bond donors (Lipinski definition) is 2. The highest BCUT2D eigenvalue weighted by molar-refractivity contribution is 5.80. The first-order valence-electron chi connectivity index (χ1n) is 12.8. The minimum absolute atomic E-state index is 0.271. The van der Waals surface area contributed by atoms with Gasteiger partial charge in [-0.05, 0) is 52.4 Å². The molecule has 38 heavy (non-hydrogen) atoms. The van der Waals surface area contributed by atoms with E-state index in [0.717, 1.165) is 28.0 Å². The quantitative estimate of drug-likeness (QED) is 0.313. The number of aromatic nitrogens is 2. The van der Waals surface area contributed by atoms with E-state index in [1.54, 1.807) is 0 Å². The standard InChI is InChI=1S/C32H29N3O3/c1-21-27(23-6-3-2-4-7-23)8-5-9-28(21)25-14-15-35-30(18-33-31(35)16-25)24-12-10-22(11-13-24)19-34-20-26(36)17-29(34)32(37)38/h2-16,18,26,29,36H,17,19-20H2,1H3,(H,37,38)/t26-,29+/m1/s1. The molecule has 0 radical (unpaired) electrons. The third-order valence-corrected chi connectivity index (χ3v) is 7.54. The molecule has 5 aromatic rings. The molecule has 1 aliphatic rings. The van der Waals surface area contributed by atoms with Gasteiger partial charge in [0.15, 0.2) is 0 Å². The number of likely N-dealkylation sites (tertiary alicyclic amines) is 1. The second-order valence-corrected chi connectivity index (χ2v) is 10.0. The fourth-order valence-corrected chi connectivity index (χ4v) is 5.57. The van der Waals surface area contributed by atoms with Crippen LogP contribution in [0.4, 0.5) is 0 Å². The molecule has 0 amide bonds. The van der Waals surface area contributed by atoms with Crippen molar-refractivity contribution in [1.82, 2.24) is 14.3 Å². The van der Waals surface area contributed by atoms with Crippen LogP contribution in [-0.4, -0.2) is 49.2 Å². The van der Waals surface area contributed by atoms with Gasteiger partial charge in [-0.15, -0.1) is 0 Å². The predicted molar refractivity (Wildman–Crippen MR) is 149 cm³/mol. The summed E-state index contributed by atoms with van der Waals surface area (Å²) in [4.78, 5) is 18.1. The third kappa shape index (κ3) is 4.49. The Morgan fingerprint density at radius 3 is 2.39 bits per heavy atom. The van der Waals surface area contributed by atoms with E-state index in [0.29, 0.717) is 13.1 Å². The molecule has 1 saturated heterocycles. The summed E-state index contributed by atoms with van der Waals surface area (Å²) >= 11 is 0. The maximum Gasteiger partial charge on any atom is 0.321 e. The molecule has 0 bridgehead atoms. The number of pyridine rings is 1. The highest BCUT2D eigenvalue weighted by atomic mass is 16.4. The molecule has 6 heteroatoms. The molecule has 6 rings (SSSR count). The zero-order valence-electron chi connectivity index (χ0n) is 21.2. The van der Waals surface area contributed by atoms with Crippen LogP contribution in [-0.2, 0) is 11.3 Å². The normalized spacial score (nSPS) is 17.7. The van der Waals surface area contributed by atoms with Gasteiger partial charge < -0.3 is 10.2 Å². The summed E-state index contributed by atoms with van der Waals surface area (Å²) in [5.74, 6) is -0.884. The second kappa shape index (κ2) is 9.89. The van der Waals surface area contributed by atoms with Crippen LogP contribution < -0.4 is 0 Å². The molecule has 0 saturated carbocycles. The average Bonchev–Trinajstić information content (AvgIpc) is 3.52. The SMILES string of the molecule is Cc1c(-c2ccccc2)cccc1-c1ccn2c(-c3ccc(CN4C[C@H](O)C[C@H]4C(=O)O)cc3)cnc2c1. The summed E-state index contributed by atoms with van der Waals surface area (Å²) in [6.45, 7) is 3.04. The molecule has 3 aromatic carbocycles. The number of carbonyl (C=O) groups is 1. The van der Waals surface area contributed by atoms with Gasteiger partial charge in [-0.1, -0.05) is 72.8 Å². The monoisotopic (exact) mass is 503 g/mol. The van der Waals surface area contributed by atoms with Gasteiger partial charge in [0, 0.05) is 31.3 Å². The summed E-state index contributed by atoms with van der Waals surface area (Å²) in [6, 6.07) is 28.6. The Hall–Kier alpha value is -4.26. The van der Waals surface area contributed by atoms with Crippen molar-refractivity contribution in [1.29, 1.82) is 0 Å². The van der Waals surface area contributed by atoms with Crippen molar-refractivity contribution in [3.05, 3.63) is 108 Å². The smallest absolute Gasteiger partial charge is 0.321 e. The minimum atomic E-state index is -0.884. The summed E-state index contributed by atoms with van der Waals surface area (Å²) in [6.07, 6.45) is 3.63. The van der Waals surface area contributed by atoms with E-state index in [-0.39, 0.29) is 6.42 Å². The molecule has 2 aromatic heterocycles. The molecule has 1 aliphatic heterocycles. The lowest BCUT2D eigenvalue weighted by Crippen LogP contribution is -2.35. The van der Waals surface area contributed by atoms with Gasteiger partial charge in [0.25, 0.3) is 0 Å². The zero-order chi connectivity index (χ0) is 26.2. The van der Waals surface area contributed by atoms with Gasteiger partial charge in [-0.25, -0.2) is 4.98 Å². The van der Waals surface area contributed by atoms with E-state index < -0.39 is 18.1 Å². The van der Waals surface area contributed by atoms with Crippen LogP contribution in [0.1, 0.15) is 17.5 Å². The minimum Gasteiger partial charge on any atom is -0.480 e. The van der Waals surface area contributed by atoms with Gasteiger partial charge >= 0.3 is 5.97 Å². The molecule has 2 N–H and O–H groups in total. The molecule has 6 nitrogen and oxygen atoms in total. The number of fused-ring (bicyclic) bond motifs is 1. The number of aliphatic hydroxyl groups excluding tert-OH is 1. The Labute approximate surface area is 221 Å². The first kappa shape index (κ1) is 24.1. The van der Waals surface area contributed by atoms with Crippen LogP contribution in [0.5, 0.6) is 0 Å². The number of carboxylic acids is 1. The molecular formula is C32H29N3O3. The van der Waals surface area contributed by atoms with E-state index in [1.165, 1.54) is 22.3 Å². The summed E-state index contributed by atoms with van der Waals surface area (Å²) in [5.41, 5.74) is 9.90. The Balaban J connectivity index is 1.26. The van der Waals surface area contributed by atoms with Crippen molar-refractivity contribution in [3.63, 3.8) is 0 Å². The molecular weight excluding hydrogens is 474 g/mol. The number of benzene rings is 3. The highest BCUT2D eigenvalue weighted by Gasteiger charge is 2.35. The van der Waals surface area contributed by atoms with Gasteiger partial charge in [0.05, 0.1) is 18.0 Å². The van der Waals surface area contributed by atoms with E-state index in [9.17, 15) is 15.0 Å². The van der Waals surface area contributed by atoms with E-state index in [2.05, 4.69) is 72.1 Å². The Morgan fingerprint density at radius 2 is 1.66 bits per heavy atom. The lowest BCUT2D eigenvalue weighted by Gasteiger charge is -2.20. The highest BCUT2D eigenvalue weighted by Crippen LogP contribution is 2.33. The van der Waals surface area contributed by atoms with Crippen molar-refractivity contribution in [2.75, 3.05) is 6.54 Å². The van der Waals surface area contributed by atoms with Crippen LogP contribution in [0.3, 0.4) is 0 Å². The van der Waals surface area contributed by atoms with Gasteiger partial charge in [-0.2, -0.15) is 0 Å². The van der Waals surface area contributed by atoms with Crippen molar-refractivity contribution in [2.24, 2.45) is 0 Å². The van der Waals surface area contributed by atoms with Crippen molar-refractivity contribution in [2.45, 2.75) is 32.0 Å². The van der Waals surface area contributed by atoms with Crippen LogP contribution in [0, 0.1) is 6.92 Å². The Bertz CT molecular complexity index is 1610. The largest absolute Gasteiger partial charge is 0.480 e. The van der Waals surface area contributed by atoms with Gasteiger partial charge in [-0.3, -0.25) is 14.1 Å². The molecule has 190 valence electrons. The number of β-amino-alcohol motifs (C(OH)–C–C–N with tert-alkyl or cyclic N) is 1. The number of aliphatic hydroxyl groups is 1. The maximum absolute atomic E-state index is 11.5. The van der Waals surface area contributed by atoms with Crippen molar-refractivity contribution < 1.29 is 15.0 Å². The predicted octanol–water partition coefficient (Wildman–Crippen LogP) is 5.66. The van der Waals surface area contributed by atoms with Crippen LogP contribution in [0.15, 0.2) is 97.3 Å². The summed E-state index contributed by atoms with van der Waals surface area (Å²) < 4.78 is 2.09.